The number of benzene rings is 2. The molecular formula is C21H23N3O3S. The molecule has 6 nitrogen and oxygen atoms in total. The summed E-state index contributed by atoms with van der Waals surface area (Å²) in [6, 6.07) is 15.2. The summed E-state index contributed by atoms with van der Waals surface area (Å²) in [6.07, 6.45) is 0.796. The number of aromatic nitrogens is 3. The molecule has 0 atom stereocenters. The molecule has 0 unspecified atom stereocenters. The van der Waals surface area contributed by atoms with Gasteiger partial charge in [-0.2, -0.15) is 0 Å². The molecule has 0 saturated carbocycles. The zero-order valence-electron chi connectivity index (χ0n) is 16.0. The number of nitrogens with zero attached hydrogens (tertiary/aromatic N) is 3. The van der Waals surface area contributed by atoms with Gasteiger partial charge in [0.05, 0.1) is 13.2 Å². The summed E-state index contributed by atoms with van der Waals surface area (Å²) in [5, 5.41) is 9.55. The van der Waals surface area contributed by atoms with E-state index in [0.717, 1.165) is 29.4 Å². The minimum absolute atomic E-state index is 0.489. The van der Waals surface area contributed by atoms with Crippen LogP contribution in [0.3, 0.4) is 0 Å². The molecule has 0 fully saturated rings. The van der Waals surface area contributed by atoms with Crippen molar-refractivity contribution < 1.29 is 14.3 Å². The van der Waals surface area contributed by atoms with Crippen LogP contribution in [0.2, 0.25) is 0 Å². The molecule has 1 heterocycles. The van der Waals surface area contributed by atoms with Gasteiger partial charge in [0.2, 0.25) is 0 Å². The van der Waals surface area contributed by atoms with Crippen LogP contribution in [0.5, 0.6) is 11.5 Å². The van der Waals surface area contributed by atoms with Gasteiger partial charge in [-0.3, -0.25) is 4.79 Å². The maximum atomic E-state index is 10.9. The maximum Gasteiger partial charge on any atom is 0.191 e. The van der Waals surface area contributed by atoms with Gasteiger partial charge >= 0.3 is 0 Å². The quantitative estimate of drug-likeness (QED) is 0.288. The molecule has 0 bridgehead atoms. The molecule has 7 heteroatoms. The summed E-state index contributed by atoms with van der Waals surface area (Å²) in [6.45, 7) is 5.77. The predicted molar refractivity (Wildman–Crippen MR) is 110 cm³/mol. The predicted octanol–water partition coefficient (Wildman–Crippen LogP) is 4.35. The molecule has 0 N–H and O–H groups in total. The summed E-state index contributed by atoms with van der Waals surface area (Å²) in [7, 11) is 0. The molecule has 2 aromatic carbocycles. The first kappa shape index (κ1) is 19.9. The number of thioether (sulfide) groups is 1. The van der Waals surface area contributed by atoms with Crippen LogP contribution in [0, 0.1) is 0 Å². The second kappa shape index (κ2) is 9.94. The van der Waals surface area contributed by atoms with Gasteiger partial charge < -0.3 is 14.0 Å². The molecule has 0 saturated heterocycles. The van der Waals surface area contributed by atoms with Crippen molar-refractivity contribution in [3.63, 3.8) is 0 Å². The van der Waals surface area contributed by atoms with E-state index in [1.807, 2.05) is 37.3 Å². The summed E-state index contributed by atoms with van der Waals surface area (Å²) in [5.41, 5.74) is 1.62. The highest BCUT2D eigenvalue weighted by atomic mass is 32.2. The standard InChI is InChI=1S/C21H23N3O3S/c1-3-24-20(17-8-6-5-7-9-17)22-23-21(24)28-13-12-27-18-11-10-16(15-25)14-19(18)26-4-2/h5-11,14-15H,3-4,12-13H2,1-2H3. The average molecular weight is 398 g/mol. The Kier molecular flexibility index (Phi) is 7.08. The van der Waals surface area contributed by atoms with Crippen LogP contribution in [0.15, 0.2) is 53.7 Å². The number of ether oxygens (including phenoxy) is 2. The van der Waals surface area contributed by atoms with Crippen molar-refractivity contribution in [3.05, 3.63) is 54.1 Å². The lowest BCUT2D eigenvalue weighted by Gasteiger charge is -2.12. The van der Waals surface area contributed by atoms with Gasteiger partial charge in [-0.1, -0.05) is 42.1 Å². The fourth-order valence-electron chi connectivity index (χ4n) is 2.75. The van der Waals surface area contributed by atoms with Gasteiger partial charge in [-0.05, 0) is 32.0 Å². The first-order valence-electron chi connectivity index (χ1n) is 9.23. The van der Waals surface area contributed by atoms with Crippen LogP contribution in [0.25, 0.3) is 11.4 Å². The number of hydrogen-bond donors (Lipinski definition) is 0. The molecule has 0 aliphatic carbocycles. The highest BCUT2D eigenvalue weighted by Crippen LogP contribution is 2.29. The second-order valence-electron chi connectivity index (χ2n) is 5.87. The Morgan fingerprint density at radius 3 is 2.57 bits per heavy atom. The number of carbonyl (C=O) groups excluding carboxylic acids is 1. The SMILES string of the molecule is CCOc1cc(C=O)ccc1OCCSc1nnc(-c2ccccc2)n1CC. The Bertz CT molecular complexity index is 913. The van der Waals surface area contributed by atoms with E-state index in [-0.39, 0.29) is 0 Å². The van der Waals surface area contributed by atoms with Crippen LogP contribution in [-0.4, -0.2) is 40.0 Å². The Hall–Kier alpha value is -2.80. The summed E-state index contributed by atoms with van der Waals surface area (Å²) >= 11 is 1.60. The Morgan fingerprint density at radius 1 is 1.04 bits per heavy atom. The van der Waals surface area contributed by atoms with E-state index in [9.17, 15) is 4.79 Å². The smallest absolute Gasteiger partial charge is 0.191 e. The van der Waals surface area contributed by atoms with E-state index in [4.69, 9.17) is 9.47 Å². The van der Waals surface area contributed by atoms with Crippen LogP contribution < -0.4 is 9.47 Å². The van der Waals surface area contributed by atoms with E-state index in [0.29, 0.717) is 36.0 Å². The fraction of sp³-hybridized carbons (Fsp3) is 0.286. The molecule has 0 radical (unpaired) electrons. The topological polar surface area (TPSA) is 66.2 Å². The molecule has 0 aliphatic rings. The van der Waals surface area contributed by atoms with E-state index < -0.39 is 0 Å². The number of hydrogen-bond acceptors (Lipinski definition) is 6. The molecule has 0 spiro atoms. The normalized spacial score (nSPS) is 10.6. The molecule has 146 valence electrons. The number of carbonyl (C=O) groups is 1. The van der Waals surface area contributed by atoms with Crippen molar-refractivity contribution in [3.8, 4) is 22.9 Å². The van der Waals surface area contributed by atoms with Gasteiger partial charge in [0, 0.05) is 23.4 Å². The van der Waals surface area contributed by atoms with Gasteiger partial charge in [-0.25, -0.2) is 0 Å². The van der Waals surface area contributed by atoms with Crippen LogP contribution in [0.4, 0.5) is 0 Å². The summed E-state index contributed by atoms with van der Waals surface area (Å²) < 4.78 is 13.5. The van der Waals surface area contributed by atoms with Crippen molar-refractivity contribution >= 4 is 18.0 Å². The third-order valence-electron chi connectivity index (χ3n) is 4.04. The zero-order chi connectivity index (χ0) is 19.8. The highest BCUT2D eigenvalue weighted by molar-refractivity contribution is 7.99. The second-order valence-corrected chi connectivity index (χ2v) is 6.93. The van der Waals surface area contributed by atoms with Gasteiger partial charge in [-0.15, -0.1) is 10.2 Å². The highest BCUT2D eigenvalue weighted by Gasteiger charge is 2.13. The van der Waals surface area contributed by atoms with Crippen molar-refractivity contribution in [2.45, 2.75) is 25.5 Å². The third kappa shape index (κ3) is 4.72. The molecule has 0 amide bonds. The largest absolute Gasteiger partial charge is 0.490 e. The lowest BCUT2D eigenvalue weighted by Crippen LogP contribution is -2.05. The Balaban J connectivity index is 1.62. The Labute approximate surface area is 168 Å². The van der Waals surface area contributed by atoms with E-state index in [1.54, 1.807) is 30.0 Å². The monoisotopic (exact) mass is 397 g/mol. The lowest BCUT2D eigenvalue weighted by molar-refractivity contribution is 0.112. The minimum atomic E-state index is 0.489. The zero-order valence-corrected chi connectivity index (χ0v) is 16.8. The van der Waals surface area contributed by atoms with Gasteiger partial charge in [0.1, 0.15) is 6.29 Å². The maximum absolute atomic E-state index is 10.9. The van der Waals surface area contributed by atoms with E-state index in [1.165, 1.54) is 0 Å². The van der Waals surface area contributed by atoms with E-state index in [2.05, 4.69) is 21.7 Å². The van der Waals surface area contributed by atoms with Gasteiger partial charge in [0.25, 0.3) is 0 Å². The van der Waals surface area contributed by atoms with Crippen LogP contribution in [0.1, 0.15) is 24.2 Å². The molecule has 28 heavy (non-hydrogen) atoms. The van der Waals surface area contributed by atoms with E-state index >= 15 is 0 Å². The van der Waals surface area contributed by atoms with Crippen LogP contribution >= 0.6 is 11.8 Å². The molecule has 0 aliphatic heterocycles. The van der Waals surface area contributed by atoms with Crippen molar-refractivity contribution in [2.24, 2.45) is 0 Å². The summed E-state index contributed by atoms with van der Waals surface area (Å²) in [4.78, 5) is 10.9. The van der Waals surface area contributed by atoms with Gasteiger partial charge in [0.15, 0.2) is 22.5 Å². The Morgan fingerprint density at radius 2 is 1.86 bits per heavy atom. The fourth-order valence-corrected chi connectivity index (χ4v) is 3.57. The van der Waals surface area contributed by atoms with Crippen molar-refractivity contribution in [2.75, 3.05) is 19.0 Å². The summed E-state index contributed by atoms with van der Waals surface area (Å²) in [5.74, 6) is 2.80. The lowest BCUT2D eigenvalue weighted by atomic mass is 10.2. The first-order valence-corrected chi connectivity index (χ1v) is 10.2. The van der Waals surface area contributed by atoms with Crippen molar-refractivity contribution in [1.29, 1.82) is 0 Å². The minimum Gasteiger partial charge on any atom is -0.490 e. The van der Waals surface area contributed by atoms with Crippen molar-refractivity contribution in [1.82, 2.24) is 14.8 Å². The molecule has 1 aromatic heterocycles. The number of rotatable bonds is 10. The molecular weight excluding hydrogens is 374 g/mol. The average Bonchev–Trinajstić information content (AvgIpc) is 3.15. The first-order chi connectivity index (χ1) is 13.8. The molecule has 3 rings (SSSR count). The molecule has 3 aromatic rings. The van der Waals surface area contributed by atoms with Crippen LogP contribution in [-0.2, 0) is 6.54 Å². The third-order valence-corrected chi connectivity index (χ3v) is 4.97. The number of aldehydes is 1.